The van der Waals surface area contributed by atoms with Gasteiger partial charge in [0.1, 0.15) is 0 Å². The maximum absolute atomic E-state index is 12.8. The van der Waals surface area contributed by atoms with Crippen LogP contribution in [0.5, 0.6) is 0 Å². The van der Waals surface area contributed by atoms with Gasteiger partial charge >= 0.3 is 0 Å². The van der Waals surface area contributed by atoms with Gasteiger partial charge in [-0.25, -0.2) is 4.68 Å². The first kappa shape index (κ1) is 19.4. The summed E-state index contributed by atoms with van der Waals surface area (Å²) in [6.07, 6.45) is 6.86. The number of anilines is 1. The summed E-state index contributed by atoms with van der Waals surface area (Å²) >= 11 is 3.38. The fourth-order valence-corrected chi connectivity index (χ4v) is 3.77. The number of aryl methyl sites for hydroxylation is 1. The van der Waals surface area contributed by atoms with E-state index in [1.807, 2.05) is 35.1 Å². The van der Waals surface area contributed by atoms with Gasteiger partial charge in [-0.05, 0) is 59.0 Å². The number of hydrogen-bond donors (Lipinski definition) is 2. The minimum atomic E-state index is -0.180. The molecule has 4 rings (SSSR count). The molecule has 0 fully saturated rings. The molecule has 3 aromatic rings. The van der Waals surface area contributed by atoms with Crippen molar-refractivity contribution >= 4 is 33.4 Å². The van der Waals surface area contributed by atoms with Crippen molar-refractivity contribution in [2.45, 2.75) is 26.3 Å². The van der Waals surface area contributed by atoms with Crippen LogP contribution in [0.15, 0.2) is 47.3 Å². The summed E-state index contributed by atoms with van der Waals surface area (Å²) < 4.78 is 4.54. The maximum Gasteiger partial charge on any atom is 0.259 e. The molecular weight excluding hydrogens is 436 g/mol. The van der Waals surface area contributed by atoms with Crippen molar-refractivity contribution in [1.82, 2.24) is 24.9 Å². The molecule has 0 aliphatic carbocycles. The Kier molecular flexibility index (Phi) is 5.48. The van der Waals surface area contributed by atoms with Crippen molar-refractivity contribution in [3.05, 3.63) is 58.6 Å². The SMILES string of the molecule is CC(=O)NCC1CCn2ncc(C(=O)Nc3ccc(-n4cc(Br)cn4)cc3)c2C1. The fourth-order valence-electron chi connectivity index (χ4n) is 3.49. The Morgan fingerprint density at radius 2 is 2.00 bits per heavy atom. The predicted molar refractivity (Wildman–Crippen MR) is 112 cm³/mol. The Morgan fingerprint density at radius 1 is 1.21 bits per heavy atom. The first-order valence-electron chi connectivity index (χ1n) is 9.40. The van der Waals surface area contributed by atoms with Crippen molar-refractivity contribution in [2.24, 2.45) is 5.92 Å². The number of nitrogens with one attached hydrogen (secondary N) is 2. The average molecular weight is 457 g/mol. The van der Waals surface area contributed by atoms with Gasteiger partial charge in [-0.2, -0.15) is 10.2 Å². The minimum Gasteiger partial charge on any atom is -0.356 e. The third-order valence-corrected chi connectivity index (χ3v) is 5.41. The second-order valence-corrected chi connectivity index (χ2v) is 8.04. The van der Waals surface area contributed by atoms with Crippen LogP contribution in [-0.2, 0) is 17.8 Å². The van der Waals surface area contributed by atoms with E-state index in [1.165, 1.54) is 6.92 Å². The third kappa shape index (κ3) is 4.40. The van der Waals surface area contributed by atoms with Crippen LogP contribution in [-0.4, -0.2) is 37.9 Å². The Morgan fingerprint density at radius 3 is 2.69 bits per heavy atom. The lowest BCUT2D eigenvalue weighted by Gasteiger charge is -2.24. The van der Waals surface area contributed by atoms with Gasteiger partial charge in [-0.15, -0.1) is 0 Å². The summed E-state index contributed by atoms with van der Waals surface area (Å²) in [4.78, 5) is 24.0. The first-order chi connectivity index (χ1) is 14.0. The number of rotatable bonds is 5. The average Bonchev–Trinajstić information content (AvgIpc) is 3.33. The minimum absolute atomic E-state index is 0.0343. The molecule has 0 bridgehead atoms. The number of benzene rings is 1. The standard InChI is InChI=1S/C20H21BrN6O2/c1-13(28)22-9-14-6-7-26-19(8-14)18(11-24-26)20(29)25-16-2-4-17(5-3-16)27-12-15(21)10-23-27/h2-5,10-12,14H,6-9H2,1H3,(H,22,28)(H,25,29). The highest BCUT2D eigenvalue weighted by Gasteiger charge is 2.25. The summed E-state index contributed by atoms with van der Waals surface area (Å²) in [6.45, 7) is 2.88. The Labute approximate surface area is 176 Å². The lowest BCUT2D eigenvalue weighted by atomic mass is 9.94. The summed E-state index contributed by atoms with van der Waals surface area (Å²) in [5, 5.41) is 14.4. The van der Waals surface area contributed by atoms with Crippen molar-refractivity contribution in [2.75, 3.05) is 11.9 Å². The molecule has 0 radical (unpaired) electrons. The van der Waals surface area contributed by atoms with Gasteiger partial charge in [0.15, 0.2) is 0 Å². The van der Waals surface area contributed by atoms with Crippen LogP contribution in [0.2, 0.25) is 0 Å². The van der Waals surface area contributed by atoms with Gasteiger partial charge in [-0.1, -0.05) is 0 Å². The predicted octanol–water partition coefficient (Wildman–Crippen LogP) is 2.78. The number of carbonyl (C=O) groups is 2. The van der Waals surface area contributed by atoms with E-state index in [0.29, 0.717) is 23.7 Å². The Bertz CT molecular complexity index is 1040. The molecule has 0 saturated heterocycles. The molecule has 1 aliphatic rings. The maximum atomic E-state index is 12.8. The van der Waals surface area contributed by atoms with Crippen LogP contribution in [0.25, 0.3) is 5.69 Å². The third-order valence-electron chi connectivity index (χ3n) is 5.00. The van der Waals surface area contributed by atoms with Gasteiger partial charge in [0, 0.05) is 31.9 Å². The van der Waals surface area contributed by atoms with E-state index >= 15 is 0 Å². The van der Waals surface area contributed by atoms with Crippen LogP contribution in [0, 0.1) is 5.92 Å². The molecule has 1 atom stereocenters. The molecule has 150 valence electrons. The van der Waals surface area contributed by atoms with E-state index in [9.17, 15) is 9.59 Å². The number of hydrogen-bond acceptors (Lipinski definition) is 4. The molecule has 0 saturated carbocycles. The van der Waals surface area contributed by atoms with E-state index in [2.05, 4.69) is 36.8 Å². The van der Waals surface area contributed by atoms with E-state index in [0.717, 1.165) is 35.2 Å². The number of nitrogens with zero attached hydrogens (tertiary/aromatic N) is 4. The summed E-state index contributed by atoms with van der Waals surface area (Å²) in [5.74, 6) is 0.0938. The molecule has 8 nitrogen and oxygen atoms in total. The number of amides is 2. The largest absolute Gasteiger partial charge is 0.356 e. The quantitative estimate of drug-likeness (QED) is 0.616. The zero-order chi connectivity index (χ0) is 20.4. The smallest absolute Gasteiger partial charge is 0.259 e. The van der Waals surface area contributed by atoms with Gasteiger partial charge in [0.05, 0.1) is 33.8 Å². The van der Waals surface area contributed by atoms with Crippen molar-refractivity contribution in [3.8, 4) is 5.69 Å². The number of fused-ring (bicyclic) bond motifs is 1. The Balaban J connectivity index is 1.44. The molecule has 0 spiro atoms. The van der Waals surface area contributed by atoms with Crippen molar-refractivity contribution in [3.63, 3.8) is 0 Å². The molecule has 2 amide bonds. The van der Waals surface area contributed by atoms with Crippen molar-refractivity contribution < 1.29 is 9.59 Å². The molecule has 9 heteroatoms. The highest BCUT2D eigenvalue weighted by Crippen LogP contribution is 2.24. The molecule has 1 unspecified atom stereocenters. The number of carbonyl (C=O) groups excluding carboxylic acids is 2. The van der Waals surface area contributed by atoms with Crippen LogP contribution in [0.1, 0.15) is 29.4 Å². The summed E-state index contributed by atoms with van der Waals surface area (Å²) in [7, 11) is 0. The monoisotopic (exact) mass is 456 g/mol. The van der Waals surface area contributed by atoms with Crippen molar-refractivity contribution in [1.29, 1.82) is 0 Å². The van der Waals surface area contributed by atoms with Gasteiger partial charge in [0.2, 0.25) is 5.91 Å². The first-order valence-corrected chi connectivity index (χ1v) is 10.2. The molecular formula is C20H21BrN6O2. The lowest BCUT2D eigenvalue weighted by molar-refractivity contribution is -0.119. The molecule has 3 heterocycles. The Hall–Kier alpha value is -2.94. The highest BCUT2D eigenvalue weighted by atomic mass is 79.9. The molecule has 2 aromatic heterocycles. The van der Waals surface area contributed by atoms with Crippen LogP contribution in [0.3, 0.4) is 0 Å². The number of aromatic nitrogens is 4. The molecule has 2 N–H and O–H groups in total. The second-order valence-electron chi connectivity index (χ2n) is 7.13. The normalized spacial score (nSPS) is 15.6. The van der Waals surface area contributed by atoms with Crippen LogP contribution >= 0.6 is 15.9 Å². The van der Waals surface area contributed by atoms with Crippen LogP contribution in [0.4, 0.5) is 5.69 Å². The number of halogens is 1. The van der Waals surface area contributed by atoms with Gasteiger partial charge < -0.3 is 10.6 Å². The van der Waals surface area contributed by atoms with E-state index in [1.54, 1.807) is 17.1 Å². The van der Waals surface area contributed by atoms with Gasteiger partial charge in [-0.3, -0.25) is 14.3 Å². The summed E-state index contributed by atoms with van der Waals surface area (Å²) in [6, 6.07) is 7.48. The highest BCUT2D eigenvalue weighted by molar-refractivity contribution is 9.10. The second kappa shape index (κ2) is 8.20. The van der Waals surface area contributed by atoms with E-state index in [-0.39, 0.29) is 11.8 Å². The van der Waals surface area contributed by atoms with E-state index < -0.39 is 0 Å². The topological polar surface area (TPSA) is 93.8 Å². The van der Waals surface area contributed by atoms with Crippen LogP contribution < -0.4 is 10.6 Å². The molecule has 1 aromatic carbocycles. The lowest BCUT2D eigenvalue weighted by Crippen LogP contribution is -2.32. The summed E-state index contributed by atoms with van der Waals surface area (Å²) in [5.41, 5.74) is 3.10. The zero-order valence-electron chi connectivity index (χ0n) is 15.9. The zero-order valence-corrected chi connectivity index (χ0v) is 17.5. The van der Waals surface area contributed by atoms with Gasteiger partial charge in [0.25, 0.3) is 5.91 Å². The molecule has 29 heavy (non-hydrogen) atoms. The fraction of sp³-hybridized carbons (Fsp3) is 0.300. The molecule has 1 aliphatic heterocycles. The van der Waals surface area contributed by atoms with E-state index in [4.69, 9.17) is 0 Å².